The number of anilines is 1. The molecule has 1 saturated heterocycles. The van der Waals surface area contributed by atoms with Gasteiger partial charge in [-0.2, -0.15) is 4.31 Å². The highest BCUT2D eigenvalue weighted by Gasteiger charge is 2.32. The third-order valence-electron chi connectivity index (χ3n) is 5.03. The van der Waals surface area contributed by atoms with E-state index in [1.807, 2.05) is 0 Å². The van der Waals surface area contributed by atoms with Crippen LogP contribution in [0.1, 0.15) is 30.1 Å². The number of nitro groups is 1. The summed E-state index contributed by atoms with van der Waals surface area (Å²) in [6.45, 7) is 1.70. The van der Waals surface area contributed by atoms with Crippen LogP contribution in [0.2, 0.25) is 0 Å². The lowest BCUT2D eigenvalue weighted by atomic mass is 9.97. The summed E-state index contributed by atoms with van der Waals surface area (Å²) in [6.07, 6.45) is 0.652. The molecule has 0 aliphatic carbocycles. The van der Waals surface area contributed by atoms with Crippen LogP contribution >= 0.6 is 0 Å². The van der Waals surface area contributed by atoms with Crippen LogP contribution in [-0.4, -0.2) is 42.4 Å². The molecule has 1 heterocycles. The van der Waals surface area contributed by atoms with E-state index >= 15 is 0 Å². The molecule has 158 valence electrons. The van der Waals surface area contributed by atoms with Crippen molar-refractivity contribution in [3.8, 4) is 0 Å². The maximum absolute atomic E-state index is 12.9. The van der Waals surface area contributed by atoms with Crippen molar-refractivity contribution in [2.24, 2.45) is 5.92 Å². The molecule has 0 atom stereocenters. The number of benzene rings is 2. The Morgan fingerprint density at radius 2 is 1.77 bits per heavy atom. The van der Waals surface area contributed by atoms with E-state index in [0.29, 0.717) is 24.1 Å². The second-order valence-electron chi connectivity index (χ2n) is 7.06. The van der Waals surface area contributed by atoms with Gasteiger partial charge in [-0.1, -0.05) is 18.2 Å². The van der Waals surface area contributed by atoms with Gasteiger partial charge < -0.3 is 5.32 Å². The quantitative estimate of drug-likeness (QED) is 0.426. The third-order valence-corrected chi connectivity index (χ3v) is 6.92. The van der Waals surface area contributed by atoms with Gasteiger partial charge in [0.2, 0.25) is 15.9 Å². The predicted octanol–water partition coefficient (Wildman–Crippen LogP) is 2.84. The van der Waals surface area contributed by atoms with E-state index in [1.165, 1.54) is 47.6 Å². The number of nitro benzene ring substituents is 1. The summed E-state index contributed by atoms with van der Waals surface area (Å²) >= 11 is 0. The van der Waals surface area contributed by atoms with Crippen molar-refractivity contribution in [1.82, 2.24) is 4.31 Å². The van der Waals surface area contributed by atoms with Crippen molar-refractivity contribution in [3.63, 3.8) is 0 Å². The minimum absolute atomic E-state index is 0.0506. The molecule has 0 bridgehead atoms. The summed E-state index contributed by atoms with van der Waals surface area (Å²) in [5, 5.41) is 13.5. The van der Waals surface area contributed by atoms with Gasteiger partial charge in [0.1, 0.15) is 0 Å². The first-order valence-electron chi connectivity index (χ1n) is 9.35. The second kappa shape index (κ2) is 8.72. The molecule has 1 aliphatic rings. The first-order valence-corrected chi connectivity index (χ1v) is 10.8. The Balaban J connectivity index is 1.64. The number of sulfonamides is 1. The molecule has 1 aliphatic heterocycles. The molecule has 0 radical (unpaired) electrons. The molecule has 0 unspecified atom stereocenters. The molecular formula is C20H21N3O6S. The Labute approximate surface area is 173 Å². The third kappa shape index (κ3) is 4.71. The van der Waals surface area contributed by atoms with Crippen molar-refractivity contribution in [1.29, 1.82) is 0 Å². The SMILES string of the molecule is CC(=O)c1cccc(S(=O)(=O)N2CCC(C(=O)Nc3cccc([N+](=O)[O-])c3)CC2)c1. The lowest BCUT2D eigenvalue weighted by molar-refractivity contribution is -0.384. The topological polar surface area (TPSA) is 127 Å². The number of ketones is 1. The number of piperidine rings is 1. The van der Waals surface area contributed by atoms with Crippen LogP contribution in [0, 0.1) is 16.0 Å². The maximum Gasteiger partial charge on any atom is 0.271 e. The van der Waals surface area contributed by atoms with Crippen LogP contribution in [0.25, 0.3) is 0 Å². The number of hydrogen-bond donors (Lipinski definition) is 1. The van der Waals surface area contributed by atoms with E-state index in [1.54, 1.807) is 12.1 Å². The number of carbonyl (C=O) groups excluding carboxylic acids is 2. The van der Waals surface area contributed by atoms with E-state index in [2.05, 4.69) is 5.32 Å². The summed E-state index contributed by atoms with van der Waals surface area (Å²) in [5.41, 5.74) is 0.522. The van der Waals surface area contributed by atoms with Crippen LogP contribution in [-0.2, 0) is 14.8 Å². The lowest BCUT2D eigenvalue weighted by Gasteiger charge is -2.30. The van der Waals surface area contributed by atoms with Crippen molar-refractivity contribution >= 4 is 33.1 Å². The second-order valence-corrected chi connectivity index (χ2v) is 9.00. The summed E-state index contributed by atoms with van der Waals surface area (Å²) in [6, 6.07) is 11.6. The standard InChI is InChI=1S/C20H21N3O6S/c1-14(24)16-4-2-7-19(12-16)30(28,29)22-10-8-15(9-11-22)20(25)21-17-5-3-6-18(13-17)23(26)27/h2-7,12-13,15H,8-11H2,1H3,(H,21,25). The van der Waals surface area contributed by atoms with Gasteiger partial charge in [-0.25, -0.2) is 8.42 Å². The van der Waals surface area contributed by atoms with Gasteiger partial charge in [-0.3, -0.25) is 19.7 Å². The largest absolute Gasteiger partial charge is 0.326 e. The summed E-state index contributed by atoms with van der Waals surface area (Å²) in [5.74, 6) is -0.922. The Kier molecular flexibility index (Phi) is 6.28. The van der Waals surface area contributed by atoms with Gasteiger partial charge >= 0.3 is 0 Å². The number of Topliss-reactive ketones (excluding diaryl/α,β-unsaturated/α-hetero) is 1. The number of nitrogens with one attached hydrogen (secondary N) is 1. The number of carbonyl (C=O) groups is 2. The van der Waals surface area contributed by atoms with Crippen molar-refractivity contribution < 1.29 is 22.9 Å². The van der Waals surface area contributed by atoms with Crippen LogP contribution in [0.15, 0.2) is 53.4 Å². The Bertz CT molecular complexity index is 1090. The predicted molar refractivity (Wildman–Crippen MR) is 110 cm³/mol. The summed E-state index contributed by atoms with van der Waals surface area (Å²) < 4.78 is 27.1. The van der Waals surface area contributed by atoms with Crippen molar-refractivity contribution in [2.45, 2.75) is 24.7 Å². The molecule has 1 amide bonds. The monoisotopic (exact) mass is 431 g/mol. The van der Waals surface area contributed by atoms with Crippen molar-refractivity contribution in [3.05, 3.63) is 64.2 Å². The highest BCUT2D eigenvalue weighted by molar-refractivity contribution is 7.89. The fourth-order valence-electron chi connectivity index (χ4n) is 3.32. The molecule has 10 heteroatoms. The molecule has 1 fully saturated rings. The van der Waals surface area contributed by atoms with Gasteiger partial charge in [-0.15, -0.1) is 0 Å². The van der Waals surface area contributed by atoms with E-state index in [4.69, 9.17) is 0 Å². The van der Waals surface area contributed by atoms with E-state index in [9.17, 15) is 28.1 Å². The van der Waals surface area contributed by atoms with Crippen molar-refractivity contribution in [2.75, 3.05) is 18.4 Å². The first-order chi connectivity index (χ1) is 14.2. The van der Waals surface area contributed by atoms with Crippen LogP contribution in [0.3, 0.4) is 0 Å². The fraction of sp³-hybridized carbons (Fsp3) is 0.300. The summed E-state index contributed by atoms with van der Waals surface area (Å²) in [7, 11) is -3.77. The zero-order valence-electron chi connectivity index (χ0n) is 16.3. The van der Waals surface area contributed by atoms with E-state index < -0.39 is 20.9 Å². The van der Waals surface area contributed by atoms with Gasteiger partial charge in [0, 0.05) is 42.4 Å². The number of rotatable bonds is 6. The average Bonchev–Trinajstić information content (AvgIpc) is 2.74. The van der Waals surface area contributed by atoms with Crippen LogP contribution in [0.5, 0.6) is 0 Å². The minimum Gasteiger partial charge on any atom is -0.326 e. The molecule has 2 aromatic rings. The lowest BCUT2D eigenvalue weighted by Crippen LogP contribution is -2.41. The molecule has 9 nitrogen and oxygen atoms in total. The summed E-state index contributed by atoms with van der Waals surface area (Å²) in [4.78, 5) is 34.4. The average molecular weight is 431 g/mol. The van der Waals surface area contributed by atoms with Gasteiger partial charge in [0.15, 0.2) is 5.78 Å². The van der Waals surface area contributed by atoms with Gasteiger partial charge in [0.25, 0.3) is 5.69 Å². The molecule has 30 heavy (non-hydrogen) atoms. The fourth-order valence-corrected chi connectivity index (χ4v) is 4.84. The minimum atomic E-state index is -3.77. The highest BCUT2D eigenvalue weighted by Crippen LogP contribution is 2.26. The molecule has 0 spiro atoms. The molecule has 2 aromatic carbocycles. The highest BCUT2D eigenvalue weighted by atomic mass is 32.2. The molecule has 0 aromatic heterocycles. The maximum atomic E-state index is 12.9. The number of non-ortho nitro benzene ring substituents is 1. The number of amides is 1. The Morgan fingerprint density at radius 1 is 1.10 bits per heavy atom. The molecule has 1 N–H and O–H groups in total. The van der Waals surface area contributed by atoms with E-state index in [0.717, 1.165) is 0 Å². The molecule has 0 saturated carbocycles. The first kappa shape index (κ1) is 21.6. The zero-order valence-corrected chi connectivity index (χ0v) is 17.1. The van der Waals surface area contributed by atoms with Crippen LogP contribution < -0.4 is 5.32 Å². The zero-order chi connectivity index (χ0) is 21.9. The Morgan fingerprint density at radius 3 is 2.40 bits per heavy atom. The van der Waals surface area contributed by atoms with Gasteiger partial charge in [-0.05, 0) is 38.0 Å². The number of hydrogen-bond acceptors (Lipinski definition) is 6. The van der Waals surface area contributed by atoms with Crippen LogP contribution in [0.4, 0.5) is 11.4 Å². The van der Waals surface area contributed by atoms with Gasteiger partial charge in [0.05, 0.1) is 9.82 Å². The smallest absolute Gasteiger partial charge is 0.271 e. The molecule has 3 rings (SSSR count). The Hall–Kier alpha value is -3.11. The number of nitrogens with zero attached hydrogens (tertiary/aromatic N) is 2. The van der Waals surface area contributed by atoms with E-state index in [-0.39, 0.29) is 35.4 Å². The normalized spacial score (nSPS) is 15.5. The molecular weight excluding hydrogens is 410 g/mol.